The van der Waals surface area contributed by atoms with Gasteiger partial charge in [0.05, 0.1) is 12.1 Å². The van der Waals surface area contributed by atoms with Gasteiger partial charge in [-0.15, -0.1) is 0 Å². The number of likely N-dealkylation sites (N-methyl/N-ethyl adjacent to an activating group) is 1. The smallest absolute Gasteiger partial charge is 0.241 e. The van der Waals surface area contributed by atoms with E-state index in [-0.39, 0.29) is 17.3 Å². The van der Waals surface area contributed by atoms with Crippen LogP contribution in [0.15, 0.2) is 24.3 Å². The summed E-state index contributed by atoms with van der Waals surface area (Å²) in [5, 5.41) is 0. The van der Waals surface area contributed by atoms with E-state index in [9.17, 15) is 9.18 Å². The molecule has 124 valence electrons. The molecule has 1 aromatic carbocycles. The molecule has 0 aromatic heterocycles. The maximum Gasteiger partial charge on any atom is 0.241 e. The first-order chi connectivity index (χ1) is 11.1. The lowest BCUT2D eigenvalue weighted by Crippen LogP contribution is -2.64. The number of rotatable bonds is 3. The number of anilines is 1. The molecule has 2 saturated heterocycles. The van der Waals surface area contributed by atoms with Gasteiger partial charge in [0.25, 0.3) is 0 Å². The topological polar surface area (TPSA) is 26.8 Å². The summed E-state index contributed by atoms with van der Waals surface area (Å²) in [5.74, 6) is 0.662. The van der Waals surface area contributed by atoms with Crippen molar-refractivity contribution < 1.29 is 9.18 Å². The van der Waals surface area contributed by atoms with Crippen LogP contribution in [0, 0.1) is 11.7 Å². The summed E-state index contributed by atoms with van der Waals surface area (Å²) in [5.41, 5.74) is 0.692. The van der Waals surface area contributed by atoms with E-state index >= 15 is 0 Å². The first-order valence-electron chi connectivity index (χ1n) is 8.55. The first kappa shape index (κ1) is 15.1. The third-order valence-electron chi connectivity index (χ3n) is 5.68. The van der Waals surface area contributed by atoms with Crippen LogP contribution in [-0.4, -0.2) is 61.0 Å². The summed E-state index contributed by atoms with van der Waals surface area (Å²) in [4.78, 5) is 19.0. The molecule has 3 aliphatic rings. The monoisotopic (exact) mass is 317 g/mol. The molecule has 23 heavy (non-hydrogen) atoms. The number of likely N-dealkylation sites (tertiary alicyclic amines) is 1. The number of halogens is 1. The molecule has 2 heterocycles. The third kappa shape index (κ3) is 2.88. The molecular formula is C18H24FN3O. The molecule has 4 rings (SSSR count). The molecule has 1 saturated carbocycles. The lowest BCUT2D eigenvalue weighted by atomic mass is 9.92. The van der Waals surface area contributed by atoms with Gasteiger partial charge in [0.2, 0.25) is 5.91 Å². The van der Waals surface area contributed by atoms with Gasteiger partial charge >= 0.3 is 0 Å². The molecule has 4 nitrogen and oxygen atoms in total. The second-order valence-corrected chi connectivity index (χ2v) is 7.47. The van der Waals surface area contributed by atoms with Crippen LogP contribution in [0.25, 0.3) is 0 Å². The van der Waals surface area contributed by atoms with E-state index in [4.69, 9.17) is 0 Å². The van der Waals surface area contributed by atoms with Crippen LogP contribution >= 0.6 is 0 Å². The Morgan fingerprint density at radius 1 is 1.30 bits per heavy atom. The molecule has 1 aliphatic carbocycles. The van der Waals surface area contributed by atoms with E-state index in [1.807, 2.05) is 6.07 Å². The van der Waals surface area contributed by atoms with Gasteiger partial charge in [-0.1, -0.05) is 6.07 Å². The first-order valence-corrected chi connectivity index (χ1v) is 8.55. The Bertz CT molecular complexity index is 618. The van der Waals surface area contributed by atoms with E-state index < -0.39 is 0 Å². The number of carbonyl (C=O) groups is 1. The Kier molecular flexibility index (Phi) is 3.65. The number of nitrogens with zero attached hydrogens (tertiary/aromatic N) is 3. The largest absolute Gasteiger partial charge is 0.309 e. The molecule has 1 atom stereocenters. The normalized spacial score (nSPS) is 29.7. The summed E-state index contributed by atoms with van der Waals surface area (Å²) in [6.07, 6.45) is 3.82. The van der Waals surface area contributed by atoms with Gasteiger partial charge in [-0.25, -0.2) is 4.39 Å². The molecule has 1 spiro atoms. The second kappa shape index (κ2) is 5.56. The highest BCUT2D eigenvalue weighted by atomic mass is 19.1. The van der Waals surface area contributed by atoms with Crippen LogP contribution < -0.4 is 4.90 Å². The Balaban J connectivity index is 1.54. The van der Waals surface area contributed by atoms with Crippen molar-refractivity contribution in [3.05, 3.63) is 30.1 Å². The molecule has 3 fully saturated rings. The van der Waals surface area contributed by atoms with Crippen molar-refractivity contribution in [1.82, 2.24) is 9.80 Å². The van der Waals surface area contributed by atoms with E-state index in [1.54, 1.807) is 11.0 Å². The maximum absolute atomic E-state index is 13.6. The highest BCUT2D eigenvalue weighted by molar-refractivity contribution is 5.96. The fourth-order valence-electron chi connectivity index (χ4n) is 4.04. The van der Waals surface area contributed by atoms with Gasteiger partial charge in [-0.05, 0) is 50.4 Å². The van der Waals surface area contributed by atoms with Crippen LogP contribution in [0.5, 0.6) is 0 Å². The van der Waals surface area contributed by atoms with Crippen molar-refractivity contribution in [2.45, 2.75) is 24.8 Å². The molecule has 1 unspecified atom stereocenters. The van der Waals surface area contributed by atoms with E-state index in [1.165, 1.54) is 31.5 Å². The molecule has 1 aromatic rings. The van der Waals surface area contributed by atoms with Gasteiger partial charge in [0.1, 0.15) is 5.82 Å². The van der Waals surface area contributed by atoms with Crippen molar-refractivity contribution in [2.24, 2.45) is 5.92 Å². The standard InChI is InChI=1S/C18H24FN3O/c1-20-11-17(23)22(16-4-2-3-15(19)9-16)13-18(20)7-8-21(12-18)10-14-5-6-14/h2-4,9,14H,5-8,10-13H2,1H3. The van der Waals surface area contributed by atoms with E-state index in [0.717, 1.165) is 25.4 Å². The van der Waals surface area contributed by atoms with Crippen molar-refractivity contribution >= 4 is 11.6 Å². The fraction of sp³-hybridized carbons (Fsp3) is 0.611. The summed E-state index contributed by atoms with van der Waals surface area (Å²) >= 11 is 0. The van der Waals surface area contributed by atoms with Gasteiger partial charge in [0, 0.05) is 31.9 Å². The van der Waals surface area contributed by atoms with Gasteiger partial charge in [-0.2, -0.15) is 0 Å². The van der Waals surface area contributed by atoms with E-state index in [2.05, 4.69) is 16.8 Å². The number of amides is 1. The predicted octanol–water partition coefficient (Wildman–Crippen LogP) is 1.96. The minimum Gasteiger partial charge on any atom is -0.309 e. The molecule has 5 heteroatoms. The van der Waals surface area contributed by atoms with Gasteiger partial charge in [0.15, 0.2) is 0 Å². The minimum absolute atomic E-state index is 0.00905. The van der Waals surface area contributed by atoms with Gasteiger partial charge in [-0.3, -0.25) is 9.69 Å². The highest BCUT2D eigenvalue weighted by Gasteiger charge is 2.48. The Hall–Kier alpha value is -1.46. The number of hydrogen-bond acceptors (Lipinski definition) is 3. The minimum atomic E-state index is -0.287. The zero-order valence-electron chi connectivity index (χ0n) is 13.7. The Morgan fingerprint density at radius 2 is 2.13 bits per heavy atom. The third-order valence-corrected chi connectivity index (χ3v) is 5.68. The molecule has 1 amide bonds. The summed E-state index contributed by atoms with van der Waals surface area (Å²) < 4.78 is 13.6. The molecule has 0 N–H and O–H groups in total. The van der Waals surface area contributed by atoms with Crippen LogP contribution in [-0.2, 0) is 4.79 Å². The Labute approximate surface area is 136 Å². The average Bonchev–Trinajstić information content (AvgIpc) is 3.23. The molecule has 2 aliphatic heterocycles. The van der Waals surface area contributed by atoms with Crippen molar-refractivity contribution in [2.75, 3.05) is 44.7 Å². The lowest BCUT2D eigenvalue weighted by molar-refractivity contribution is -0.123. The van der Waals surface area contributed by atoms with Crippen molar-refractivity contribution in [3.8, 4) is 0 Å². The van der Waals surface area contributed by atoms with Crippen LogP contribution in [0.2, 0.25) is 0 Å². The zero-order chi connectivity index (χ0) is 16.0. The number of hydrogen-bond donors (Lipinski definition) is 0. The van der Waals surface area contributed by atoms with E-state index in [0.29, 0.717) is 18.8 Å². The van der Waals surface area contributed by atoms with Crippen molar-refractivity contribution in [1.29, 1.82) is 0 Å². The highest BCUT2D eigenvalue weighted by Crippen LogP contribution is 2.36. The Morgan fingerprint density at radius 3 is 2.87 bits per heavy atom. The summed E-state index contributed by atoms with van der Waals surface area (Å²) in [6, 6.07) is 6.40. The number of piperazine rings is 1. The molecule has 0 bridgehead atoms. The fourth-order valence-corrected chi connectivity index (χ4v) is 4.04. The van der Waals surface area contributed by atoms with Crippen LogP contribution in [0.4, 0.5) is 10.1 Å². The summed E-state index contributed by atoms with van der Waals surface area (Å²) in [6.45, 7) is 4.38. The average molecular weight is 317 g/mol. The predicted molar refractivity (Wildman–Crippen MR) is 87.9 cm³/mol. The SMILES string of the molecule is CN1CC(=O)N(c2cccc(F)c2)CC12CCN(CC1CC1)C2. The quantitative estimate of drug-likeness (QED) is 0.853. The molecule has 0 radical (unpaired) electrons. The van der Waals surface area contributed by atoms with Gasteiger partial charge < -0.3 is 9.80 Å². The zero-order valence-corrected chi connectivity index (χ0v) is 13.7. The number of carbonyl (C=O) groups excluding carboxylic acids is 1. The summed E-state index contributed by atoms with van der Waals surface area (Å²) in [7, 11) is 2.06. The molecular weight excluding hydrogens is 293 g/mol. The maximum atomic E-state index is 13.6. The lowest BCUT2D eigenvalue weighted by Gasteiger charge is -2.47. The second-order valence-electron chi connectivity index (χ2n) is 7.47. The number of benzene rings is 1. The van der Waals surface area contributed by atoms with Crippen molar-refractivity contribution in [3.63, 3.8) is 0 Å². The van der Waals surface area contributed by atoms with Crippen LogP contribution in [0.3, 0.4) is 0 Å². The van der Waals surface area contributed by atoms with Crippen LogP contribution in [0.1, 0.15) is 19.3 Å².